The standard InChI is InChI=1S/C15H22N2O3/c1-17(15(19)16-12-5-3-4-6-12)10-11-7-8-14(20-2)13(18)9-11/h7-9,12,18H,3-6,10H2,1-2H3,(H,16,19). The van der Waals surface area contributed by atoms with E-state index >= 15 is 0 Å². The van der Waals surface area contributed by atoms with E-state index in [-0.39, 0.29) is 11.8 Å². The van der Waals surface area contributed by atoms with Gasteiger partial charge in [-0.05, 0) is 30.5 Å². The topological polar surface area (TPSA) is 61.8 Å². The first-order valence-electron chi connectivity index (χ1n) is 6.97. The van der Waals surface area contributed by atoms with Gasteiger partial charge in [-0.1, -0.05) is 18.9 Å². The monoisotopic (exact) mass is 278 g/mol. The molecule has 1 saturated carbocycles. The first-order chi connectivity index (χ1) is 9.60. The van der Waals surface area contributed by atoms with Crippen LogP contribution in [-0.4, -0.2) is 36.2 Å². The summed E-state index contributed by atoms with van der Waals surface area (Å²) in [7, 11) is 3.27. The third kappa shape index (κ3) is 3.56. The minimum absolute atomic E-state index is 0.0628. The highest BCUT2D eigenvalue weighted by Gasteiger charge is 2.19. The molecule has 0 unspecified atom stereocenters. The number of nitrogens with one attached hydrogen (secondary N) is 1. The number of ether oxygens (including phenoxy) is 1. The number of carbonyl (C=O) groups excluding carboxylic acids is 1. The number of aromatic hydroxyl groups is 1. The van der Waals surface area contributed by atoms with Crippen molar-refractivity contribution in [3.05, 3.63) is 23.8 Å². The van der Waals surface area contributed by atoms with Crippen molar-refractivity contribution in [1.29, 1.82) is 0 Å². The third-order valence-electron chi connectivity index (χ3n) is 3.69. The summed E-state index contributed by atoms with van der Waals surface area (Å²) < 4.78 is 5.00. The number of urea groups is 1. The summed E-state index contributed by atoms with van der Waals surface area (Å²) in [6.07, 6.45) is 4.54. The summed E-state index contributed by atoms with van der Waals surface area (Å²) >= 11 is 0. The highest BCUT2D eigenvalue weighted by molar-refractivity contribution is 5.74. The minimum Gasteiger partial charge on any atom is -0.504 e. The molecule has 0 bridgehead atoms. The Hall–Kier alpha value is -1.91. The molecule has 0 atom stereocenters. The van der Waals surface area contributed by atoms with Gasteiger partial charge in [0.25, 0.3) is 0 Å². The van der Waals surface area contributed by atoms with Crippen molar-refractivity contribution < 1.29 is 14.6 Å². The van der Waals surface area contributed by atoms with Crippen LogP contribution in [-0.2, 0) is 6.54 Å². The quantitative estimate of drug-likeness (QED) is 0.889. The Bertz CT molecular complexity index is 470. The van der Waals surface area contributed by atoms with Gasteiger partial charge in [-0.3, -0.25) is 0 Å². The van der Waals surface area contributed by atoms with Gasteiger partial charge >= 0.3 is 6.03 Å². The van der Waals surface area contributed by atoms with Crippen molar-refractivity contribution in [2.75, 3.05) is 14.2 Å². The Morgan fingerprint density at radius 3 is 2.75 bits per heavy atom. The van der Waals surface area contributed by atoms with E-state index < -0.39 is 0 Å². The van der Waals surface area contributed by atoms with E-state index in [0.29, 0.717) is 18.3 Å². The SMILES string of the molecule is COc1ccc(CN(C)C(=O)NC2CCCC2)cc1O. The van der Waals surface area contributed by atoms with Gasteiger partial charge in [-0.25, -0.2) is 4.79 Å². The fourth-order valence-corrected chi connectivity index (χ4v) is 2.53. The van der Waals surface area contributed by atoms with Crippen molar-refractivity contribution in [3.8, 4) is 11.5 Å². The Labute approximate surface area is 119 Å². The average Bonchev–Trinajstić information content (AvgIpc) is 2.91. The largest absolute Gasteiger partial charge is 0.504 e. The Morgan fingerprint density at radius 1 is 1.45 bits per heavy atom. The van der Waals surface area contributed by atoms with Crippen molar-refractivity contribution >= 4 is 6.03 Å². The van der Waals surface area contributed by atoms with E-state index in [1.165, 1.54) is 20.0 Å². The number of methoxy groups -OCH3 is 1. The first-order valence-corrected chi connectivity index (χ1v) is 6.97. The lowest BCUT2D eigenvalue weighted by atomic mass is 10.2. The molecule has 0 spiro atoms. The molecule has 0 saturated heterocycles. The number of phenols is 1. The van der Waals surface area contributed by atoms with Gasteiger partial charge in [-0.2, -0.15) is 0 Å². The molecule has 110 valence electrons. The normalized spacial score (nSPS) is 15.1. The number of hydrogen-bond donors (Lipinski definition) is 2. The second-order valence-corrected chi connectivity index (χ2v) is 5.29. The smallest absolute Gasteiger partial charge is 0.317 e. The molecule has 20 heavy (non-hydrogen) atoms. The maximum Gasteiger partial charge on any atom is 0.317 e. The molecule has 2 N–H and O–H groups in total. The van der Waals surface area contributed by atoms with Crippen LogP contribution in [0.2, 0.25) is 0 Å². The number of phenolic OH excluding ortho intramolecular Hbond substituents is 1. The van der Waals surface area contributed by atoms with Crippen molar-refractivity contribution in [3.63, 3.8) is 0 Å². The van der Waals surface area contributed by atoms with Crippen LogP contribution in [0.5, 0.6) is 11.5 Å². The van der Waals surface area contributed by atoms with Gasteiger partial charge in [0.1, 0.15) is 0 Å². The molecule has 5 nitrogen and oxygen atoms in total. The molecular weight excluding hydrogens is 256 g/mol. The molecule has 1 aliphatic rings. The second-order valence-electron chi connectivity index (χ2n) is 5.29. The highest BCUT2D eigenvalue weighted by atomic mass is 16.5. The highest BCUT2D eigenvalue weighted by Crippen LogP contribution is 2.26. The zero-order chi connectivity index (χ0) is 14.5. The van der Waals surface area contributed by atoms with E-state index in [9.17, 15) is 9.90 Å². The third-order valence-corrected chi connectivity index (χ3v) is 3.69. The summed E-state index contributed by atoms with van der Waals surface area (Å²) in [6, 6.07) is 5.42. The van der Waals surface area contributed by atoms with Crippen LogP contribution >= 0.6 is 0 Å². The molecule has 2 rings (SSSR count). The summed E-state index contributed by atoms with van der Waals surface area (Å²) in [5, 5.41) is 12.8. The molecule has 0 aliphatic heterocycles. The number of rotatable bonds is 4. The molecule has 0 radical (unpaired) electrons. The number of hydrogen-bond acceptors (Lipinski definition) is 3. The van der Waals surface area contributed by atoms with Gasteiger partial charge in [0.2, 0.25) is 0 Å². The van der Waals surface area contributed by atoms with E-state index in [1.807, 2.05) is 6.07 Å². The second kappa shape index (κ2) is 6.50. The molecule has 1 aliphatic carbocycles. The zero-order valence-corrected chi connectivity index (χ0v) is 12.1. The maximum absolute atomic E-state index is 12.0. The van der Waals surface area contributed by atoms with Crippen LogP contribution in [0.15, 0.2) is 18.2 Å². The molecule has 0 aromatic heterocycles. The van der Waals surface area contributed by atoms with Crippen molar-refractivity contribution in [2.45, 2.75) is 38.3 Å². The van der Waals surface area contributed by atoms with Crippen LogP contribution in [0.1, 0.15) is 31.2 Å². The number of carbonyl (C=O) groups is 1. The maximum atomic E-state index is 12.0. The lowest BCUT2D eigenvalue weighted by Gasteiger charge is -2.21. The molecule has 1 aromatic carbocycles. The Kier molecular flexibility index (Phi) is 4.71. The van der Waals surface area contributed by atoms with Crippen LogP contribution in [0.4, 0.5) is 4.79 Å². The predicted molar refractivity (Wildman–Crippen MR) is 76.9 cm³/mol. The van der Waals surface area contributed by atoms with E-state index in [1.54, 1.807) is 24.1 Å². The van der Waals surface area contributed by atoms with E-state index in [4.69, 9.17) is 4.74 Å². The lowest BCUT2D eigenvalue weighted by Crippen LogP contribution is -2.41. The van der Waals surface area contributed by atoms with Gasteiger partial charge in [0.15, 0.2) is 11.5 Å². The van der Waals surface area contributed by atoms with Gasteiger partial charge in [0.05, 0.1) is 7.11 Å². The van der Waals surface area contributed by atoms with Gasteiger partial charge in [0, 0.05) is 19.6 Å². The summed E-state index contributed by atoms with van der Waals surface area (Å²) in [6.45, 7) is 0.454. The Morgan fingerprint density at radius 2 is 2.15 bits per heavy atom. The minimum atomic E-state index is -0.0628. The van der Waals surface area contributed by atoms with Crippen LogP contribution in [0, 0.1) is 0 Å². The summed E-state index contributed by atoms with van der Waals surface area (Å²) in [4.78, 5) is 13.7. The fraction of sp³-hybridized carbons (Fsp3) is 0.533. The molecule has 5 heteroatoms. The molecular formula is C15H22N2O3. The zero-order valence-electron chi connectivity index (χ0n) is 12.1. The van der Waals surface area contributed by atoms with E-state index in [2.05, 4.69) is 5.32 Å². The average molecular weight is 278 g/mol. The summed E-state index contributed by atoms with van der Waals surface area (Å²) in [5.74, 6) is 0.529. The van der Waals surface area contributed by atoms with Crippen molar-refractivity contribution in [1.82, 2.24) is 10.2 Å². The van der Waals surface area contributed by atoms with Crippen molar-refractivity contribution in [2.24, 2.45) is 0 Å². The Balaban J connectivity index is 1.91. The number of amides is 2. The van der Waals surface area contributed by atoms with Crippen LogP contribution in [0.3, 0.4) is 0 Å². The number of benzene rings is 1. The van der Waals surface area contributed by atoms with Gasteiger partial charge < -0.3 is 20.1 Å². The van der Waals surface area contributed by atoms with Crippen LogP contribution in [0.25, 0.3) is 0 Å². The summed E-state index contributed by atoms with van der Waals surface area (Å²) in [5.41, 5.74) is 0.868. The van der Waals surface area contributed by atoms with E-state index in [0.717, 1.165) is 18.4 Å². The number of nitrogens with zero attached hydrogens (tertiary/aromatic N) is 1. The lowest BCUT2D eigenvalue weighted by molar-refractivity contribution is 0.202. The molecule has 0 heterocycles. The molecule has 1 fully saturated rings. The van der Waals surface area contributed by atoms with Crippen LogP contribution < -0.4 is 10.1 Å². The molecule has 1 aromatic rings. The predicted octanol–water partition coefficient (Wildman–Crippen LogP) is 2.48. The fourth-order valence-electron chi connectivity index (χ4n) is 2.53. The molecule has 2 amide bonds. The van der Waals surface area contributed by atoms with Gasteiger partial charge in [-0.15, -0.1) is 0 Å². The first kappa shape index (κ1) is 14.5.